The van der Waals surface area contributed by atoms with Crippen molar-refractivity contribution in [3.05, 3.63) is 17.7 Å². The number of rotatable bonds is 6. The average molecular weight is 303 g/mol. The summed E-state index contributed by atoms with van der Waals surface area (Å²) >= 11 is 0. The molecule has 1 N–H and O–H groups in total. The van der Waals surface area contributed by atoms with Crippen LogP contribution in [-0.4, -0.2) is 31.8 Å². The lowest BCUT2D eigenvalue weighted by Gasteiger charge is -2.14. The fraction of sp³-hybridized carbons (Fsp3) is 0.333. The molecule has 0 aromatic heterocycles. The van der Waals surface area contributed by atoms with Gasteiger partial charge < -0.3 is 14.8 Å². The van der Waals surface area contributed by atoms with Crippen LogP contribution in [0.15, 0.2) is 17.1 Å². The van der Waals surface area contributed by atoms with Crippen molar-refractivity contribution in [1.29, 1.82) is 5.26 Å². The predicted octanol–water partition coefficient (Wildman–Crippen LogP) is 2.45. The van der Waals surface area contributed by atoms with E-state index < -0.39 is 5.97 Å². The lowest BCUT2D eigenvalue weighted by molar-refractivity contribution is -0.114. The number of esters is 1. The zero-order valence-electron chi connectivity index (χ0n) is 12.7. The Morgan fingerprint density at radius 1 is 1.45 bits per heavy atom. The number of nitriles is 1. The van der Waals surface area contributed by atoms with Gasteiger partial charge in [-0.2, -0.15) is 5.26 Å². The van der Waals surface area contributed by atoms with Crippen molar-refractivity contribution in [2.45, 2.75) is 20.3 Å². The van der Waals surface area contributed by atoms with E-state index in [4.69, 9.17) is 14.7 Å². The molecule has 1 aromatic rings. The quantitative estimate of drug-likeness (QED) is 0.642. The first-order valence-electron chi connectivity index (χ1n) is 6.59. The van der Waals surface area contributed by atoms with E-state index in [1.807, 2.05) is 6.07 Å². The van der Waals surface area contributed by atoms with Crippen LogP contribution in [0.2, 0.25) is 0 Å². The van der Waals surface area contributed by atoms with Gasteiger partial charge in [0.2, 0.25) is 5.91 Å². The second-order valence-electron chi connectivity index (χ2n) is 4.15. The van der Waals surface area contributed by atoms with Gasteiger partial charge in [0.05, 0.1) is 43.1 Å². The maximum atomic E-state index is 11.9. The summed E-state index contributed by atoms with van der Waals surface area (Å²) in [6, 6.07) is 4.89. The van der Waals surface area contributed by atoms with Crippen LogP contribution >= 0.6 is 0 Å². The minimum atomic E-state index is -0.598. The van der Waals surface area contributed by atoms with E-state index in [9.17, 15) is 9.59 Å². The molecule has 0 bridgehead atoms. The summed E-state index contributed by atoms with van der Waals surface area (Å²) in [5.74, 6) is -0.509. The predicted molar refractivity (Wildman–Crippen MR) is 81.6 cm³/mol. The monoisotopic (exact) mass is 303 g/mol. The molecule has 0 aliphatic heterocycles. The van der Waals surface area contributed by atoms with E-state index in [1.165, 1.54) is 32.4 Å². The number of methoxy groups -OCH3 is 1. The van der Waals surface area contributed by atoms with Crippen LogP contribution in [0.4, 0.5) is 11.4 Å². The summed E-state index contributed by atoms with van der Waals surface area (Å²) in [7, 11) is 1.25. The summed E-state index contributed by atoms with van der Waals surface area (Å²) in [6.45, 7) is 3.53. The lowest BCUT2D eigenvalue weighted by Crippen LogP contribution is -2.10. The molecule has 1 rings (SSSR count). The maximum Gasteiger partial charge on any atom is 0.340 e. The molecule has 1 amide bonds. The van der Waals surface area contributed by atoms with Crippen molar-refractivity contribution in [3.63, 3.8) is 0 Å². The number of amides is 1. The molecular weight excluding hydrogens is 286 g/mol. The molecule has 0 heterocycles. The van der Waals surface area contributed by atoms with Crippen LogP contribution in [0.1, 0.15) is 30.6 Å². The first-order valence-corrected chi connectivity index (χ1v) is 6.59. The Bertz CT molecular complexity index is 632. The number of aliphatic imine (C=N–C) groups is 1. The fourth-order valence-electron chi connectivity index (χ4n) is 1.70. The molecule has 0 spiro atoms. The second-order valence-corrected chi connectivity index (χ2v) is 4.15. The zero-order chi connectivity index (χ0) is 16.5. The molecule has 7 heteroatoms. The molecule has 0 atom stereocenters. The van der Waals surface area contributed by atoms with E-state index in [2.05, 4.69) is 10.3 Å². The first kappa shape index (κ1) is 17.2. The van der Waals surface area contributed by atoms with Gasteiger partial charge in [-0.25, -0.2) is 4.79 Å². The number of carbonyl (C=O) groups excluding carboxylic acids is 2. The fourth-order valence-corrected chi connectivity index (χ4v) is 1.70. The van der Waals surface area contributed by atoms with Crippen LogP contribution in [-0.2, 0) is 9.53 Å². The number of nitrogens with one attached hydrogen (secondary N) is 1. The van der Waals surface area contributed by atoms with Gasteiger partial charge in [-0.3, -0.25) is 9.79 Å². The van der Waals surface area contributed by atoms with Gasteiger partial charge in [0.15, 0.2) is 0 Å². The molecule has 7 nitrogen and oxygen atoms in total. The van der Waals surface area contributed by atoms with Crippen molar-refractivity contribution in [2.24, 2.45) is 4.99 Å². The highest BCUT2D eigenvalue weighted by atomic mass is 16.5. The largest absolute Gasteiger partial charge is 0.492 e. The number of nitrogens with zero attached hydrogens (tertiary/aromatic N) is 2. The molecule has 22 heavy (non-hydrogen) atoms. The van der Waals surface area contributed by atoms with Gasteiger partial charge in [-0.15, -0.1) is 0 Å². The molecule has 0 saturated heterocycles. The van der Waals surface area contributed by atoms with Gasteiger partial charge in [0.1, 0.15) is 5.75 Å². The van der Waals surface area contributed by atoms with Crippen LogP contribution in [0, 0.1) is 11.3 Å². The Morgan fingerprint density at radius 2 is 2.18 bits per heavy atom. The molecule has 0 aliphatic carbocycles. The molecule has 0 radical (unpaired) electrons. The number of carbonyl (C=O) groups is 2. The molecule has 0 fully saturated rings. The number of hydrogen-bond acceptors (Lipinski definition) is 6. The number of ether oxygens (including phenoxy) is 2. The summed E-state index contributed by atoms with van der Waals surface area (Å²) in [4.78, 5) is 27.2. The highest BCUT2D eigenvalue weighted by molar-refractivity contribution is 6.00. The summed E-state index contributed by atoms with van der Waals surface area (Å²) in [6.07, 6.45) is 1.49. The van der Waals surface area contributed by atoms with Crippen LogP contribution in [0.25, 0.3) is 0 Å². The van der Waals surface area contributed by atoms with E-state index >= 15 is 0 Å². The van der Waals surface area contributed by atoms with Crippen molar-refractivity contribution in [2.75, 3.05) is 19.0 Å². The van der Waals surface area contributed by atoms with Gasteiger partial charge in [0.25, 0.3) is 0 Å². The molecule has 116 valence electrons. The summed E-state index contributed by atoms with van der Waals surface area (Å²) in [5, 5.41) is 11.1. The van der Waals surface area contributed by atoms with Crippen LogP contribution < -0.4 is 10.1 Å². The smallest absolute Gasteiger partial charge is 0.340 e. The lowest BCUT2D eigenvalue weighted by atomic mass is 10.1. The van der Waals surface area contributed by atoms with Crippen molar-refractivity contribution in [3.8, 4) is 11.8 Å². The highest BCUT2D eigenvalue weighted by Gasteiger charge is 2.17. The number of anilines is 1. The highest BCUT2D eigenvalue weighted by Crippen LogP contribution is 2.34. The maximum absolute atomic E-state index is 11.9. The van der Waals surface area contributed by atoms with Crippen LogP contribution in [0.5, 0.6) is 5.75 Å². The summed E-state index contributed by atoms with van der Waals surface area (Å²) in [5.41, 5.74) is 0.831. The third-order valence-corrected chi connectivity index (χ3v) is 2.53. The number of hydrogen-bond donors (Lipinski definition) is 1. The molecule has 1 aromatic carbocycles. The normalized spacial score (nSPS) is 10.1. The third-order valence-electron chi connectivity index (χ3n) is 2.53. The first-order chi connectivity index (χ1) is 10.5. The summed E-state index contributed by atoms with van der Waals surface area (Å²) < 4.78 is 10.2. The van der Waals surface area contributed by atoms with Gasteiger partial charge in [0, 0.05) is 19.2 Å². The Kier molecular flexibility index (Phi) is 6.57. The van der Waals surface area contributed by atoms with Gasteiger partial charge >= 0.3 is 5.97 Å². The van der Waals surface area contributed by atoms with Gasteiger partial charge in [-0.1, -0.05) is 0 Å². The van der Waals surface area contributed by atoms with E-state index in [-0.39, 0.29) is 17.9 Å². The Morgan fingerprint density at radius 3 is 2.73 bits per heavy atom. The standard InChI is InChI=1S/C15H17N3O4/c1-4-22-14-9-12(17-7-5-6-16)11(15(20)21-3)8-13(14)18-10(2)19/h7-9H,4-5H2,1-3H3,(H,18,19). The zero-order valence-corrected chi connectivity index (χ0v) is 12.7. The molecular formula is C15H17N3O4. The topological polar surface area (TPSA) is 101 Å². The van der Waals surface area contributed by atoms with E-state index in [1.54, 1.807) is 6.92 Å². The number of benzene rings is 1. The Labute approximate surface area is 128 Å². The molecule has 0 aliphatic rings. The van der Waals surface area contributed by atoms with E-state index in [0.717, 1.165) is 0 Å². The van der Waals surface area contributed by atoms with Crippen molar-refractivity contribution < 1.29 is 19.1 Å². The molecule has 0 saturated carbocycles. The minimum absolute atomic E-state index is 0.109. The van der Waals surface area contributed by atoms with Gasteiger partial charge in [-0.05, 0) is 13.0 Å². The van der Waals surface area contributed by atoms with E-state index in [0.29, 0.717) is 23.7 Å². The van der Waals surface area contributed by atoms with Crippen molar-refractivity contribution >= 4 is 29.5 Å². The van der Waals surface area contributed by atoms with Crippen molar-refractivity contribution in [1.82, 2.24) is 0 Å². The third kappa shape index (κ3) is 4.59. The second kappa shape index (κ2) is 8.42. The Hall–Kier alpha value is -2.88. The van der Waals surface area contributed by atoms with Crippen LogP contribution in [0.3, 0.4) is 0 Å². The average Bonchev–Trinajstić information content (AvgIpc) is 2.48. The Balaban J connectivity index is 3.39. The molecule has 0 unspecified atom stereocenters. The SMILES string of the molecule is CCOc1cc(N=CCC#N)c(C(=O)OC)cc1NC(C)=O. The minimum Gasteiger partial charge on any atom is -0.492 e.